The molecule has 0 spiro atoms. The molecule has 1 aromatic heterocycles. The highest BCUT2D eigenvalue weighted by Gasteiger charge is 2.26. The summed E-state index contributed by atoms with van der Waals surface area (Å²) in [5, 5.41) is 0.600. The third kappa shape index (κ3) is 3.05. The summed E-state index contributed by atoms with van der Waals surface area (Å²) in [4.78, 5) is 4.37. The number of hydrogen-bond acceptors (Lipinski definition) is 3. The van der Waals surface area contributed by atoms with E-state index in [1.165, 1.54) is 0 Å². The number of nitrogens with one attached hydrogen (secondary N) is 1. The second kappa shape index (κ2) is 5.07. The molecule has 0 bridgehead atoms. The molecule has 19 heavy (non-hydrogen) atoms. The Morgan fingerprint density at radius 2 is 2.00 bits per heavy atom. The van der Waals surface area contributed by atoms with Crippen LogP contribution in [0.15, 0.2) is 41.4 Å². The fourth-order valence-electron chi connectivity index (χ4n) is 1.76. The molecule has 0 radical (unpaired) electrons. The molecular formula is C13H15ClN2O2S. The van der Waals surface area contributed by atoms with E-state index >= 15 is 0 Å². The minimum absolute atomic E-state index is 0.190. The third-order valence-corrected chi connectivity index (χ3v) is 5.06. The Morgan fingerprint density at radius 3 is 2.68 bits per heavy atom. The number of sulfonamides is 1. The smallest absolute Gasteiger partial charge is 0.241 e. The Morgan fingerprint density at radius 1 is 1.26 bits per heavy atom. The minimum atomic E-state index is -3.63. The van der Waals surface area contributed by atoms with Gasteiger partial charge in [0, 0.05) is 23.0 Å². The Kier molecular flexibility index (Phi) is 3.80. The summed E-state index contributed by atoms with van der Waals surface area (Å²) in [5.74, 6) is 0.190. The lowest BCUT2D eigenvalue weighted by atomic mass is 10.1. The number of rotatable bonds is 4. The molecule has 6 heteroatoms. The second-order valence-corrected chi connectivity index (χ2v) is 6.87. The van der Waals surface area contributed by atoms with Crippen LogP contribution in [0.3, 0.4) is 0 Å². The number of halogens is 1. The molecule has 0 unspecified atom stereocenters. The maximum atomic E-state index is 12.4. The van der Waals surface area contributed by atoms with Crippen molar-refractivity contribution < 1.29 is 8.42 Å². The van der Waals surface area contributed by atoms with Crippen molar-refractivity contribution in [1.82, 2.24) is 9.71 Å². The van der Waals surface area contributed by atoms with Crippen molar-refractivity contribution in [3.63, 3.8) is 0 Å². The molecule has 4 nitrogen and oxygen atoms in total. The van der Waals surface area contributed by atoms with E-state index in [4.69, 9.17) is 11.6 Å². The topological polar surface area (TPSA) is 59.1 Å². The average Bonchev–Trinajstić information content (AvgIpc) is 2.37. The molecule has 0 saturated heterocycles. The normalized spacial score (nSPS) is 12.8. The van der Waals surface area contributed by atoms with E-state index in [0.717, 1.165) is 0 Å². The van der Waals surface area contributed by atoms with Gasteiger partial charge in [-0.2, -0.15) is 0 Å². The Hall–Kier alpha value is -1.17. The van der Waals surface area contributed by atoms with Crippen LogP contribution >= 0.6 is 11.6 Å². The molecule has 0 aliphatic carbocycles. The molecule has 0 aliphatic rings. The predicted octanol–water partition coefficient (Wildman–Crippen LogP) is 2.53. The van der Waals surface area contributed by atoms with Gasteiger partial charge in [0.15, 0.2) is 0 Å². The summed E-state index contributed by atoms with van der Waals surface area (Å²) < 4.78 is 27.4. The monoisotopic (exact) mass is 298 g/mol. The molecule has 102 valence electrons. The Labute approximate surface area is 117 Å². The maximum absolute atomic E-state index is 12.4. The molecule has 0 fully saturated rings. The largest absolute Gasteiger partial charge is 0.256 e. The summed E-state index contributed by atoms with van der Waals surface area (Å²) in [5.41, 5.74) is -0.0563. The Bertz CT molecular complexity index is 693. The average molecular weight is 299 g/mol. The maximum Gasteiger partial charge on any atom is 0.241 e. The van der Waals surface area contributed by atoms with E-state index in [9.17, 15) is 8.42 Å². The highest BCUT2D eigenvalue weighted by molar-refractivity contribution is 7.89. The van der Waals surface area contributed by atoms with Crippen molar-refractivity contribution in [2.45, 2.75) is 24.3 Å². The van der Waals surface area contributed by atoms with E-state index in [2.05, 4.69) is 9.71 Å². The van der Waals surface area contributed by atoms with Crippen molar-refractivity contribution >= 4 is 32.5 Å². The highest BCUT2D eigenvalue weighted by atomic mass is 35.5. The molecule has 1 aromatic carbocycles. The zero-order valence-electron chi connectivity index (χ0n) is 10.7. The quantitative estimate of drug-likeness (QED) is 0.883. The van der Waals surface area contributed by atoms with Crippen LogP contribution < -0.4 is 4.72 Å². The van der Waals surface area contributed by atoms with Crippen molar-refractivity contribution in [2.24, 2.45) is 0 Å². The summed E-state index contributed by atoms with van der Waals surface area (Å²) in [7, 11) is -3.63. The fourth-order valence-corrected chi connectivity index (χ4v) is 3.53. The molecule has 0 atom stereocenters. The summed E-state index contributed by atoms with van der Waals surface area (Å²) >= 11 is 5.77. The fraction of sp³-hybridized carbons (Fsp3) is 0.308. The van der Waals surface area contributed by atoms with Gasteiger partial charge >= 0.3 is 0 Å². The first-order chi connectivity index (χ1) is 8.86. The number of nitrogens with zero attached hydrogens (tertiary/aromatic N) is 1. The minimum Gasteiger partial charge on any atom is -0.256 e. The van der Waals surface area contributed by atoms with Crippen molar-refractivity contribution in [3.05, 3.63) is 36.5 Å². The van der Waals surface area contributed by atoms with Gasteiger partial charge < -0.3 is 0 Å². The lowest BCUT2D eigenvalue weighted by molar-refractivity contribution is 0.496. The molecule has 0 saturated carbocycles. The number of pyridine rings is 1. The molecule has 1 heterocycles. The van der Waals surface area contributed by atoms with E-state index in [0.29, 0.717) is 10.9 Å². The van der Waals surface area contributed by atoms with Gasteiger partial charge in [0.2, 0.25) is 10.0 Å². The van der Waals surface area contributed by atoms with Gasteiger partial charge in [-0.1, -0.05) is 6.07 Å². The zero-order valence-corrected chi connectivity index (χ0v) is 12.3. The van der Waals surface area contributed by atoms with Gasteiger partial charge in [0.05, 0.1) is 10.4 Å². The number of benzene rings is 1. The van der Waals surface area contributed by atoms with Gasteiger partial charge in [0.25, 0.3) is 0 Å². The van der Waals surface area contributed by atoms with Crippen LogP contribution in [0.1, 0.15) is 13.8 Å². The number of fused-ring (bicyclic) bond motifs is 1. The van der Waals surface area contributed by atoms with Gasteiger partial charge in [-0.15, -0.1) is 11.6 Å². The molecule has 2 rings (SSSR count). The molecule has 2 aromatic rings. The first-order valence-electron chi connectivity index (χ1n) is 5.79. The van der Waals surface area contributed by atoms with Crippen LogP contribution in [0.5, 0.6) is 0 Å². The number of alkyl halides is 1. The molecule has 0 aliphatic heterocycles. The lowest BCUT2D eigenvalue weighted by Gasteiger charge is -2.23. The standard InChI is InChI=1S/C13H15ClN2O2S/c1-13(2,9-14)16-19(17,18)12-7-3-6-11-10(12)5-4-8-15-11/h3-8,16H,9H2,1-2H3. The van der Waals surface area contributed by atoms with Crippen LogP contribution in [0, 0.1) is 0 Å². The van der Waals surface area contributed by atoms with Gasteiger partial charge in [-0.05, 0) is 38.1 Å². The number of aromatic nitrogens is 1. The summed E-state index contributed by atoms with van der Waals surface area (Å²) in [6, 6.07) is 8.48. The van der Waals surface area contributed by atoms with E-state index in [1.54, 1.807) is 50.4 Å². The number of hydrogen-bond donors (Lipinski definition) is 1. The van der Waals surface area contributed by atoms with E-state index in [1.807, 2.05) is 0 Å². The zero-order chi connectivity index (χ0) is 14.1. The van der Waals surface area contributed by atoms with Crippen LogP contribution in [0.25, 0.3) is 10.9 Å². The van der Waals surface area contributed by atoms with Crippen LogP contribution in [-0.4, -0.2) is 24.8 Å². The highest BCUT2D eigenvalue weighted by Crippen LogP contribution is 2.22. The predicted molar refractivity (Wildman–Crippen MR) is 76.9 cm³/mol. The van der Waals surface area contributed by atoms with E-state index < -0.39 is 15.6 Å². The first kappa shape index (κ1) is 14.2. The van der Waals surface area contributed by atoms with E-state index in [-0.39, 0.29) is 10.8 Å². The molecule has 1 N–H and O–H groups in total. The van der Waals surface area contributed by atoms with Gasteiger partial charge in [0.1, 0.15) is 0 Å². The summed E-state index contributed by atoms with van der Waals surface area (Å²) in [6.45, 7) is 3.47. The van der Waals surface area contributed by atoms with Gasteiger partial charge in [-0.3, -0.25) is 4.98 Å². The SMILES string of the molecule is CC(C)(CCl)NS(=O)(=O)c1cccc2ncccc12. The van der Waals surface area contributed by atoms with Gasteiger partial charge in [-0.25, -0.2) is 13.1 Å². The lowest BCUT2D eigenvalue weighted by Crippen LogP contribution is -2.44. The van der Waals surface area contributed by atoms with Crippen molar-refractivity contribution in [3.8, 4) is 0 Å². The molecule has 0 amide bonds. The Balaban J connectivity index is 2.55. The molecular weight excluding hydrogens is 284 g/mol. The second-order valence-electron chi connectivity index (χ2n) is 4.95. The van der Waals surface area contributed by atoms with Crippen molar-refractivity contribution in [1.29, 1.82) is 0 Å². The van der Waals surface area contributed by atoms with Crippen LogP contribution in [0.4, 0.5) is 0 Å². The summed E-state index contributed by atoms with van der Waals surface area (Å²) in [6.07, 6.45) is 1.63. The van der Waals surface area contributed by atoms with Crippen LogP contribution in [-0.2, 0) is 10.0 Å². The van der Waals surface area contributed by atoms with Crippen LogP contribution in [0.2, 0.25) is 0 Å². The first-order valence-corrected chi connectivity index (χ1v) is 7.81. The van der Waals surface area contributed by atoms with Crippen molar-refractivity contribution in [2.75, 3.05) is 5.88 Å². The third-order valence-electron chi connectivity index (χ3n) is 2.64.